The number of benzene rings is 2. The van der Waals surface area contributed by atoms with Gasteiger partial charge in [0.25, 0.3) is 0 Å². The van der Waals surface area contributed by atoms with E-state index in [1.807, 2.05) is 0 Å². The Morgan fingerprint density at radius 3 is 2.67 bits per heavy atom. The number of aryl methyl sites for hydroxylation is 2. The maximum Gasteiger partial charge on any atom is 0.187 e. The van der Waals surface area contributed by atoms with Crippen molar-refractivity contribution in [3.05, 3.63) is 64.8 Å². The topological polar surface area (TPSA) is 24.9 Å². The van der Waals surface area contributed by atoms with Gasteiger partial charge in [0.2, 0.25) is 0 Å². The minimum atomic E-state index is -0.229. The van der Waals surface area contributed by atoms with E-state index >= 15 is 0 Å². The van der Waals surface area contributed by atoms with Crippen LogP contribution in [0.4, 0.5) is 15.2 Å². The van der Waals surface area contributed by atoms with Crippen LogP contribution in [0.2, 0.25) is 0 Å². The Morgan fingerprint density at radius 1 is 1.00 bits per heavy atom. The molecule has 0 atom stereocenters. The Balaban J connectivity index is 1.68. The number of fused-ring (bicyclic) bond motifs is 3. The molecular formula is C17H13FN2S. The molecule has 1 heterocycles. The number of nitrogens with one attached hydrogen (secondary N) is 1. The lowest BCUT2D eigenvalue weighted by atomic mass is 9.94. The lowest BCUT2D eigenvalue weighted by molar-refractivity contribution is 0.628. The normalized spacial score (nSPS) is 12.6. The Morgan fingerprint density at radius 2 is 1.81 bits per heavy atom. The average Bonchev–Trinajstić information content (AvgIpc) is 2.92. The van der Waals surface area contributed by atoms with Gasteiger partial charge in [-0.15, -0.1) is 11.3 Å². The monoisotopic (exact) mass is 296 g/mol. The van der Waals surface area contributed by atoms with E-state index in [4.69, 9.17) is 4.98 Å². The fourth-order valence-electron chi connectivity index (χ4n) is 2.66. The fourth-order valence-corrected chi connectivity index (χ4v) is 3.65. The zero-order chi connectivity index (χ0) is 14.2. The van der Waals surface area contributed by atoms with Crippen LogP contribution < -0.4 is 5.32 Å². The molecule has 4 heteroatoms. The number of thiazole rings is 1. The summed E-state index contributed by atoms with van der Waals surface area (Å²) in [5.74, 6) is -0.229. The molecule has 104 valence electrons. The van der Waals surface area contributed by atoms with Gasteiger partial charge >= 0.3 is 0 Å². The standard InChI is InChI=1S/C17H13FN2S/c18-12-6-8-13(9-7-12)19-17-20-16-14-4-2-1-3-11(14)5-10-15(16)21-17/h1-4,6-9H,5,10H2,(H,19,20). The van der Waals surface area contributed by atoms with Crippen LogP contribution in [0.3, 0.4) is 0 Å². The lowest BCUT2D eigenvalue weighted by Gasteiger charge is -2.13. The number of hydrogen-bond donors (Lipinski definition) is 1. The van der Waals surface area contributed by atoms with Gasteiger partial charge in [0.05, 0.1) is 5.69 Å². The van der Waals surface area contributed by atoms with E-state index in [2.05, 4.69) is 29.6 Å². The second kappa shape index (κ2) is 4.97. The van der Waals surface area contributed by atoms with Gasteiger partial charge in [0, 0.05) is 16.1 Å². The second-order valence-corrected chi connectivity index (χ2v) is 6.16. The average molecular weight is 296 g/mol. The summed E-state index contributed by atoms with van der Waals surface area (Å²) in [6.07, 6.45) is 2.11. The van der Waals surface area contributed by atoms with Crippen molar-refractivity contribution >= 4 is 22.2 Å². The highest BCUT2D eigenvalue weighted by Crippen LogP contribution is 2.38. The summed E-state index contributed by atoms with van der Waals surface area (Å²) in [5.41, 5.74) is 4.55. The quantitative estimate of drug-likeness (QED) is 0.735. The minimum absolute atomic E-state index is 0.229. The summed E-state index contributed by atoms with van der Waals surface area (Å²) in [4.78, 5) is 6.04. The number of anilines is 2. The van der Waals surface area contributed by atoms with Crippen molar-refractivity contribution in [1.29, 1.82) is 0 Å². The van der Waals surface area contributed by atoms with Crippen molar-refractivity contribution in [2.75, 3.05) is 5.32 Å². The summed E-state index contributed by atoms with van der Waals surface area (Å²) >= 11 is 1.68. The zero-order valence-electron chi connectivity index (χ0n) is 11.3. The number of aromatic nitrogens is 1. The highest BCUT2D eigenvalue weighted by atomic mass is 32.1. The first-order valence-corrected chi connectivity index (χ1v) is 7.72. The molecule has 0 spiro atoms. The Bertz CT molecular complexity index is 793. The summed E-state index contributed by atoms with van der Waals surface area (Å²) in [6.45, 7) is 0. The predicted octanol–water partition coefficient (Wildman–Crippen LogP) is 4.79. The summed E-state index contributed by atoms with van der Waals surface area (Å²) in [6, 6.07) is 14.8. The van der Waals surface area contributed by atoms with Crippen molar-refractivity contribution in [3.8, 4) is 11.3 Å². The maximum absolute atomic E-state index is 12.9. The van der Waals surface area contributed by atoms with E-state index in [-0.39, 0.29) is 5.82 Å². The number of halogens is 1. The molecule has 0 bridgehead atoms. The third-order valence-electron chi connectivity index (χ3n) is 3.69. The van der Waals surface area contributed by atoms with E-state index in [0.717, 1.165) is 29.4 Å². The zero-order valence-corrected chi connectivity index (χ0v) is 12.1. The molecule has 0 fully saturated rings. The fraction of sp³-hybridized carbons (Fsp3) is 0.118. The van der Waals surface area contributed by atoms with Gasteiger partial charge in [-0.25, -0.2) is 9.37 Å². The third-order valence-corrected chi connectivity index (χ3v) is 4.72. The van der Waals surface area contributed by atoms with Crippen molar-refractivity contribution in [2.45, 2.75) is 12.8 Å². The van der Waals surface area contributed by atoms with Crippen LogP contribution in [0.1, 0.15) is 10.4 Å². The first-order chi connectivity index (χ1) is 10.3. The molecule has 0 aliphatic heterocycles. The van der Waals surface area contributed by atoms with Gasteiger partial charge in [-0.05, 0) is 42.7 Å². The van der Waals surface area contributed by atoms with E-state index < -0.39 is 0 Å². The molecule has 4 rings (SSSR count). The van der Waals surface area contributed by atoms with Crippen LogP contribution in [0, 0.1) is 5.82 Å². The molecular weight excluding hydrogens is 283 g/mol. The van der Waals surface area contributed by atoms with Gasteiger partial charge in [0.1, 0.15) is 5.82 Å². The molecule has 1 aliphatic rings. The largest absolute Gasteiger partial charge is 0.332 e. The smallest absolute Gasteiger partial charge is 0.187 e. The Kier molecular flexibility index (Phi) is 2.97. The SMILES string of the molecule is Fc1ccc(Nc2nc3c(s2)CCc2ccccc2-3)cc1. The molecule has 0 saturated heterocycles. The van der Waals surface area contributed by atoms with Crippen molar-refractivity contribution in [3.63, 3.8) is 0 Å². The van der Waals surface area contributed by atoms with E-state index in [1.165, 1.54) is 28.1 Å². The van der Waals surface area contributed by atoms with Crippen molar-refractivity contribution in [1.82, 2.24) is 4.98 Å². The highest BCUT2D eigenvalue weighted by Gasteiger charge is 2.20. The van der Waals surface area contributed by atoms with Gasteiger partial charge in [0.15, 0.2) is 5.13 Å². The van der Waals surface area contributed by atoms with Crippen LogP contribution in [-0.4, -0.2) is 4.98 Å². The molecule has 0 amide bonds. The van der Waals surface area contributed by atoms with Crippen LogP contribution in [0.15, 0.2) is 48.5 Å². The second-order valence-electron chi connectivity index (χ2n) is 5.08. The van der Waals surface area contributed by atoms with Crippen LogP contribution >= 0.6 is 11.3 Å². The van der Waals surface area contributed by atoms with Gasteiger partial charge < -0.3 is 5.32 Å². The predicted molar refractivity (Wildman–Crippen MR) is 84.6 cm³/mol. The molecule has 2 nitrogen and oxygen atoms in total. The molecule has 1 N–H and O–H groups in total. The van der Waals surface area contributed by atoms with Crippen LogP contribution in [-0.2, 0) is 12.8 Å². The number of rotatable bonds is 2. The molecule has 0 saturated carbocycles. The maximum atomic E-state index is 12.9. The van der Waals surface area contributed by atoms with Gasteiger partial charge in [-0.2, -0.15) is 0 Å². The first kappa shape index (κ1) is 12.5. The number of hydrogen-bond acceptors (Lipinski definition) is 3. The first-order valence-electron chi connectivity index (χ1n) is 6.90. The third kappa shape index (κ3) is 2.32. The minimum Gasteiger partial charge on any atom is -0.332 e. The lowest BCUT2D eigenvalue weighted by Crippen LogP contribution is -2.01. The summed E-state index contributed by atoms with van der Waals surface area (Å²) in [7, 11) is 0. The summed E-state index contributed by atoms with van der Waals surface area (Å²) < 4.78 is 12.9. The molecule has 3 aromatic rings. The van der Waals surface area contributed by atoms with Crippen molar-refractivity contribution < 1.29 is 4.39 Å². The number of nitrogens with zero attached hydrogens (tertiary/aromatic N) is 1. The van der Waals surface area contributed by atoms with Crippen molar-refractivity contribution in [2.24, 2.45) is 0 Å². The van der Waals surface area contributed by atoms with E-state index in [1.54, 1.807) is 23.5 Å². The van der Waals surface area contributed by atoms with E-state index in [9.17, 15) is 4.39 Å². The van der Waals surface area contributed by atoms with Crippen LogP contribution in [0.25, 0.3) is 11.3 Å². The molecule has 21 heavy (non-hydrogen) atoms. The molecule has 1 aliphatic carbocycles. The summed E-state index contributed by atoms with van der Waals surface area (Å²) in [5, 5.41) is 4.12. The van der Waals surface area contributed by atoms with Gasteiger partial charge in [-0.3, -0.25) is 0 Å². The highest BCUT2D eigenvalue weighted by molar-refractivity contribution is 7.16. The van der Waals surface area contributed by atoms with E-state index in [0.29, 0.717) is 0 Å². The Hall–Kier alpha value is -2.20. The Labute approximate surface area is 126 Å². The molecule has 2 aromatic carbocycles. The molecule has 0 unspecified atom stereocenters. The van der Waals surface area contributed by atoms with Crippen LogP contribution in [0.5, 0.6) is 0 Å². The molecule has 1 aromatic heterocycles. The van der Waals surface area contributed by atoms with Gasteiger partial charge in [-0.1, -0.05) is 24.3 Å². The molecule has 0 radical (unpaired) electrons.